The van der Waals surface area contributed by atoms with Crippen LogP contribution in [-0.2, 0) is 10.1 Å². The van der Waals surface area contributed by atoms with Gasteiger partial charge >= 0.3 is 0 Å². The molecule has 11 aromatic rings. The van der Waals surface area contributed by atoms with Crippen LogP contribution in [0.5, 0.6) is 0 Å². The van der Waals surface area contributed by atoms with Gasteiger partial charge in [-0.1, -0.05) is 36.4 Å². The second kappa shape index (κ2) is 7.63. The molecule has 0 aliphatic heterocycles. The lowest BCUT2D eigenvalue weighted by atomic mass is 9.86. The standard InChI is InChI=1S/C36H16N4O5S/c41-35-23-12-8-19-20-9-13-24-32-22(34-38-26-15-16(46(43,44)45)5-14-28(26)40(34)36(24)42)11-7-18(30(20)32)17-6-10-21(31(23)29(17)19)33-37-25-3-1-2-4-27(25)39(33)35/h1-15H,(H,43,44,45). The SMILES string of the molecule is O=c1c2ccc3c4ccc5c(=O)n6c7ccc(S(=O)(=O)O)cc7nc6c6ccc(c7ccc(c2c37)c2nc3ccccc3n12)c4c56. The predicted molar refractivity (Wildman–Crippen MR) is 180 cm³/mol. The molecule has 10 heteroatoms. The molecule has 0 unspecified atom stereocenters. The number of para-hydroxylation sites is 2. The molecular formula is C36H16N4O5S. The Balaban J connectivity index is 1.34. The van der Waals surface area contributed by atoms with Crippen LogP contribution in [0, 0.1) is 0 Å². The molecule has 0 saturated heterocycles. The van der Waals surface area contributed by atoms with Gasteiger partial charge in [0.1, 0.15) is 11.3 Å². The van der Waals surface area contributed by atoms with Crippen LogP contribution < -0.4 is 11.1 Å². The van der Waals surface area contributed by atoms with Crippen LogP contribution in [0.1, 0.15) is 0 Å². The molecule has 1 N–H and O–H groups in total. The average molecular weight is 617 g/mol. The van der Waals surface area contributed by atoms with Crippen LogP contribution in [0.25, 0.3) is 98.0 Å². The van der Waals surface area contributed by atoms with Crippen molar-refractivity contribution in [2.75, 3.05) is 0 Å². The molecule has 11 rings (SSSR count). The maximum Gasteiger partial charge on any atom is 0.294 e. The summed E-state index contributed by atoms with van der Waals surface area (Å²) in [6.45, 7) is 0. The molecule has 9 nitrogen and oxygen atoms in total. The van der Waals surface area contributed by atoms with Gasteiger partial charge < -0.3 is 0 Å². The number of nitrogens with zero attached hydrogens (tertiary/aromatic N) is 4. The molecule has 0 aliphatic rings. The second-order valence-corrected chi connectivity index (χ2v) is 13.3. The molecule has 0 spiro atoms. The van der Waals surface area contributed by atoms with Gasteiger partial charge in [0.05, 0.1) is 27.0 Å². The van der Waals surface area contributed by atoms with E-state index in [0.29, 0.717) is 27.6 Å². The third-order valence-electron chi connectivity index (χ3n) is 9.74. The van der Waals surface area contributed by atoms with Crippen LogP contribution >= 0.6 is 0 Å². The topological polar surface area (TPSA) is 123 Å². The summed E-state index contributed by atoms with van der Waals surface area (Å²) in [5, 5.41) is 10.1. The van der Waals surface area contributed by atoms with E-state index in [4.69, 9.17) is 9.97 Å². The monoisotopic (exact) mass is 616 g/mol. The van der Waals surface area contributed by atoms with Gasteiger partial charge in [-0.05, 0) is 86.9 Å². The zero-order valence-electron chi connectivity index (χ0n) is 23.4. The minimum atomic E-state index is -4.45. The smallest absolute Gasteiger partial charge is 0.282 e. The Morgan fingerprint density at radius 1 is 0.500 bits per heavy atom. The van der Waals surface area contributed by atoms with Crippen molar-refractivity contribution in [1.82, 2.24) is 18.8 Å². The zero-order chi connectivity index (χ0) is 30.8. The Labute approximate surface area is 255 Å². The number of hydrogen-bond acceptors (Lipinski definition) is 6. The van der Waals surface area contributed by atoms with Crippen molar-refractivity contribution in [3.05, 3.63) is 112 Å². The normalized spacial score (nSPS) is 13.2. The molecule has 0 amide bonds. The fourth-order valence-electron chi connectivity index (χ4n) is 7.88. The lowest BCUT2D eigenvalue weighted by Crippen LogP contribution is -2.14. The molecule has 216 valence electrons. The first-order chi connectivity index (χ1) is 22.3. The molecule has 0 aliphatic carbocycles. The Bertz CT molecular complexity index is 3420. The van der Waals surface area contributed by atoms with E-state index in [-0.39, 0.29) is 21.5 Å². The minimum absolute atomic E-state index is 0.113. The lowest BCUT2D eigenvalue weighted by molar-refractivity contribution is 0.483. The van der Waals surface area contributed by atoms with E-state index in [2.05, 4.69) is 6.07 Å². The highest BCUT2D eigenvalue weighted by Gasteiger charge is 2.24. The highest BCUT2D eigenvalue weighted by Crippen LogP contribution is 2.45. The van der Waals surface area contributed by atoms with Crippen molar-refractivity contribution in [3.8, 4) is 0 Å². The van der Waals surface area contributed by atoms with Crippen molar-refractivity contribution in [3.63, 3.8) is 0 Å². The summed E-state index contributed by atoms with van der Waals surface area (Å²) in [5.74, 6) is 0. The van der Waals surface area contributed by atoms with E-state index in [1.54, 1.807) is 4.40 Å². The van der Waals surface area contributed by atoms with Gasteiger partial charge in [-0.2, -0.15) is 8.42 Å². The summed E-state index contributed by atoms with van der Waals surface area (Å²) in [4.78, 5) is 37.4. The van der Waals surface area contributed by atoms with Gasteiger partial charge in [0.15, 0.2) is 0 Å². The number of benzene rings is 7. The van der Waals surface area contributed by atoms with Crippen LogP contribution in [0.15, 0.2) is 105 Å². The van der Waals surface area contributed by atoms with Crippen LogP contribution in [0.4, 0.5) is 0 Å². The van der Waals surface area contributed by atoms with Gasteiger partial charge in [0, 0.05) is 32.3 Å². The summed E-state index contributed by atoms with van der Waals surface area (Å²) in [6, 6.07) is 27.5. The van der Waals surface area contributed by atoms with E-state index >= 15 is 0 Å². The molecule has 4 heterocycles. The number of fused-ring (bicyclic) bond motifs is 10. The maximum atomic E-state index is 14.1. The molecule has 0 atom stereocenters. The third-order valence-corrected chi connectivity index (χ3v) is 10.6. The highest BCUT2D eigenvalue weighted by molar-refractivity contribution is 7.85. The van der Waals surface area contributed by atoms with Crippen LogP contribution in [0.2, 0.25) is 0 Å². The fraction of sp³-hybridized carbons (Fsp3) is 0. The van der Waals surface area contributed by atoms with E-state index in [1.807, 2.05) is 66.7 Å². The summed E-state index contributed by atoms with van der Waals surface area (Å²) >= 11 is 0. The van der Waals surface area contributed by atoms with E-state index < -0.39 is 10.1 Å². The Kier molecular flexibility index (Phi) is 4.04. The van der Waals surface area contributed by atoms with Crippen molar-refractivity contribution in [2.45, 2.75) is 4.90 Å². The Hall–Kier alpha value is -5.97. The van der Waals surface area contributed by atoms with Crippen LogP contribution in [-0.4, -0.2) is 31.7 Å². The van der Waals surface area contributed by atoms with Gasteiger partial charge in [-0.3, -0.25) is 22.9 Å². The molecule has 7 aromatic carbocycles. The Morgan fingerprint density at radius 3 is 1.48 bits per heavy atom. The third kappa shape index (κ3) is 2.66. The number of hydrogen-bond donors (Lipinski definition) is 1. The molecular weight excluding hydrogens is 600 g/mol. The van der Waals surface area contributed by atoms with Crippen molar-refractivity contribution in [2.24, 2.45) is 0 Å². The molecule has 0 radical (unpaired) electrons. The lowest BCUT2D eigenvalue weighted by Gasteiger charge is -2.18. The van der Waals surface area contributed by atoms with Crippen molar-refractivity contribution >= 4 is 108 Å². The molecule has 0 fully saturated rings. The first kappa shape index (κ1) is 24.4. The summed E-state index contributed by atoms with van der Waals surface area (Å²) in [5.41, 5.74) is 2.92. The molecule has 4 aromatic heterocycles. The molecule has 0 saturated carbocycles. The number of pyridine rings is 2. The molecule has 0 bridgehead atoms. The first-order valence-electron chi connectivity index (χ1n) is 14.6. The van der Waals surface area contributed by atoms with Gasteiger partial charge in [0.25, 0.3) is 21.2 Å². The molecule has 46 heavy (non-hydrogen) atoms. The number of imidazole rings is 2. The quantitative estimate of drug-likeness (QED) is 0.127. The van der Waals surface area contributed by atoms with Gasteiger partial charge in [-0.25, -0.2) is 9.97 Å². The van der Waals surface area contributed by atoms with Crippen molar-refractivity contribution in [1.29, 1.82) is 0 Å². The number of aromatic nitrogens is 4. The summed E-state index contributed by atoms with van der Waals surface area (Å²) in [6.07, 6.45) is 0. The van der Waals surface area contributed by atoms with E-state index in [9.17, 15) is 22.6 Å². The van der Waals surface area contributed by atoms with Crippen molar-refractivity contribution < 1.29 is 13.0 Å². The maximum absolute atomic E-state index is 14.1. The highest BCUT2D eigenvalue weighted by atomic mass is 32.2. The van der Waals surface area contributed by atoms with Gasteiger partial charge in [0.2, 0.25) is 0 Å². The predicted octanol–water partition coefficient (Wildman–Crippen LogP) is 6.49. The second-order valence-electron chi connectivity index (χ2n) is 11.9. The van der Waals surface area contributed by atoms with E-state index in [1.165, 1.54) is 22.6 Å². The zero-order valence-corrected chi connectivity index (χ0v) is 24.3. The average Bonchev–Trinajstić information content (AvgIpc) is 3.64. The van der Waals surface area contributed by atoms with E-state index in [0.717, 1.165) is 64.9 Å². The van der Waals surface area contributed by atoms with Gasteiger partial charge in [-0.15, -0.1) is 0 Å². The Morgan fingerprint density at radius 2 is 0.935 bits per heavy atom. The van der Waals surface area contributed by atoms with Crippen LogP contribution in [0.3, 0.4) is 0 Å². The largest absolute Gasteiger partial charge is 0.294 e. The fourth-order valence-corrected chi connectivity index (χ4v) is 8.38. The summed E-state index contributed by atoms with van der Waals surface area (Å²) < 4.78 is 36.5. The summed E-state index contributed by atoms with van der Waals surface area (Å²) in [7, 11) is -4.45. The minimum Gasteiger partial charge on any atom is -0.282 e. The first-order valence-corrected chi connectivity index (χ1v) is 16.0. The number of rotatable bonds is 1.